The van der Waals surface area contributed by atoms with Crippen LogP contribution in [0.4, 0.5) is 13.2 Å². The average molecular weight is 213 g/mol. The molecule has 14 heavy (non-hydrogen) atoms. The van der Waals surface area contributed by atoms with Gasteiger partial charge in [-0.25, -0.2) is 0 Å². The molecule has 0 amide bonds. The number of β-amino-alcohol motifs (C(OH)–C–C–N with tert-alkyl or cyclic N) is 1. The van der Waals surface area contributed by atoms with Gasteiger partial charge in [0.25, 0.3) is 0 Å². The maximum Gasteiger partial charge on any atom is 0.418 e. The summed E-state index contributed by atoms with van der Waals surface area (Å²) in [5.41, 5.74) is -2.78. The van der Waals surface area contributed by atoms with Crippen molar-refractivity contribution in [3.05, 3.63) is 0 Å². The fourth-order valence-electron chi connectivity index (χ4n) is 1.44. The Morgan fingerprint density at radius 3 is 2.50 bits per heavy atom. The van der Waals surface area contributed by atoms with Gasteiger partial charge in [0.2, 0.25) is 0 Å². The number of carboxylic acids is 1. The molecule has 7 heteroatoms. The van der Waals surface area contributed by atoms with Crippen LogP contribution >= 0.6 is 0 Å². The van der Waals surface area contributed by atoms with Crippen LogP contribution in [0.15, 0.2) is 0 Å². The van der Waals surface area contributed by atoms with Gasteiger partial charge in [-0.3, -0.25) is 4.79 Å². The zero-order chi connectivity index (χ0) is 11.0. The molecule has 0 aromatic carbocycles. The average Bonchev–Trinajstić information content (AvgIpc) is 2.30. The first-order chi connectivity index (χ1) is 6.24. The highest BCUT2D eigenvalue weighted by Gasteiger charge is 2.57. The molecule has 0 bridgehead atoms. The van der Waals surface area contributed by atoms with Gasteiger partial charge in [0, 0.05) is 19.0 Å². The normalized spacial score (nSPS) is 33.3. The lowest BCUT2D eigenvalue weighted by molar-refractivity contribution is -0.252. The first kappa shape index (κ1) is 11.3. The maximum atomic E-state index is 12.2. The van der Waals surface area contributed by atoms with Crippen molar-refractivity contribution in [2.24, 2.45) is 0 Å². The summed E-state index contributed by atoms with van der Waals surface area (Å²) in [6.07, 6.45) is -5.74. The van der Waals surface area contributed by atoms with Gasteiger partial charge in [0.1, 0.15) is 0 Å². The van der Waals surface area contributed by atoms with E-state index >= 15 is 0 Å². The van der Waals surface area contributed by atoms with Crippen molar-refractivity contribution in [3.8, 4) is 0 Å². The Morgan fingerprint density at radius 1 is 1.57 bits per heavy atom. The van der Waals surface area contributed by atoms with E-state index in [4.69, 9.17) is 10.2 Å². The predicted octanol–water partition coefficient (Wildman–Crippen LogP) is 0.116. The molecular weight excluding hydrogens is 203 g/mol. The van der Waals surface area contributed by atoms with Crippen LogP contribution in [0.5, 0.6) is 0 Å². The first-order valence-electron chi connectivity index (χ1n) is 3.99. The van der Waals surface area contributed by atoms with Crippen LogP contribution < -0.4 is 5.32 Å². The van der Waals surface area contributed by atoms with E-state index < -0.39 is 43.2 Å². The van der Waals surface area contributed by atoms with E-state index in [2.05, 4.69) is 5.32 Å². The molecule has 2 atom stereocenters. The molecule has 1 aliphatic rings. The van der Waals surface area contributed by atoms with Gasteiger partial charge in [-0.05, 0) is 0 Å². The summed E-state index contributed by atoms with van der Waals surface area (Å²) in [7, 11) is 0. The minimum Gasteiger partial charge on any atom is -0.481 e. The number of hydrogen-bond acceptors (Lipinski definition) is 3. The summed E-state index contributed by atoms with van der Waals surface area (Å²) in [4.78, 5) is 10.2. The molecule has 1 saturated heterocycles. The number of aliphatic hydroxyl groups is 1. The second kappa shape index (κ2) is 3.39. The monoisotopic (exact) mass is 213 g/mol. The summed E-state index contributed by atoms with van der Waals surface area (Å²) < 4.78 is 36.7. The molecular formula is C7H10F3NO3. The number of carboxylic acid groups (broad SMARTS) is 1. The van der Waals surface area contributed by atoms with Gasteiger partial charge in [-0.2, -0.15) is 13.2 Å². The summed E-state index contributed by atoms with van der Waals surface area (Å²) >= 11 is 0. The third-order valence-corrected chi connectivity index (χ3v) is 2.22. The zero-order valence-corrected chi connectivity index (χ0v) is 7.14. The number of hydrogen-bond donors (Lipinski definition) is 3. The van der Waals surface area contributed by atoms with Crippen molar-refractivity contribution in [2.75, 3.05) is 6.54 Å². The van der Waals surface area contributed by atoms with E-state index in [1.807, 2.05) is 0 Å². The Labute approximate surface area is 77.7 Å². The molecule has 1 fully saturated rings. The van der Waals surface area contributed by atoms with E-state index in [-0.39, 0.29) is 0 Å². The summed E-state index contributed by atoms with van der Waals surface area (Å²) in [6.45, 7) is -0.644. The van der Waals surface area contributed by atoms with Crippen LogP contribution in [0.25, 0.3) is 0 Å². The van der Waals surface area contributed by atoms with E-state index in [0.717, 1.165) is 0 Å². The lowest BCUT2D eigenvalue weighted by atomic mass is 9.98. The molecule has 1 rings (SSSR count). The Morgan fingerprint density at radius 2 is 2.14 bits per heavy atom. The topological polar surface area (TPSA) is 69.6 Å². The summed E-state index contributed by atoms with van der Waals surface area (Å²) in [5.74, 6) is -1.19. The smallest absolute Gasteiger partial charge is 0.418 e. The lowest BCUT2D eigenvalue weighted by Crippen LogP contribution is -2.46. The molecule has 0 aliphatic carbocycles. The quantitative estimate of drug-likeness (QED) is 0.609. The Hall–Kier alpha value is -0.820. The van der Waals surface area contributed by atoms with E-state index in [9.17, 15) is 18.0 Å². The van der Waals surface area contributed by atoms with Crippen molar-refractivity contribution in [1.29, 1.82) is 0 Å². The Bertz CT molecular complexity index is 243. The van der Waals surface area contributed by atoms with Gasteiger partial charge in [-0.15, -0.1) is 0 Å². The van der Waals surface area contributed by atoms with Gasteiger partial charge in [-0.1, -0.05) is 0 Å². The Kier molecular flexibility index (Phi) is 2.73. The highest BCUT2D eigenvalue weighted by Crippen LogP contribution is 2.37. The van der Waals surface area contributed by atoms with Crippen LogP contribution in [0.2, 0.25) is 0 Å². The lowest BCUT2D eigenvalue weighted by Gasteiger charge is -2.24. The van der Waals surface area contributed by atoms with Crippen LogP contribution in [0.1, 0.15) is 12.8 Å². The summed E-state index contributed by atoms with van der Waals surface area (Å²) in [6, 6.07) is -0.820. The molecule has 82 valence electrons. The predicted molar refractivity (Wildman–Crippen MR) is 39.7 cm³/mol. The van der Waals surface area contributed by atoms with E-state index in [1.54, 1.807) is 0 Å². The van der Waals surface area contributed by atoms with Crippen molar-refractivity contribution in [2.45, 2.75) is 30.7 Å². The van der Waals surface area contributed by atoms with Crippen LogP contribution in [0, 0.1) is 0 Å². The third kappa shape index (κ3) is 2.16. The van der Waals surface area contributed by atoms with Gasteiger partial charge in [0.05, 0.1) is 6.42 Å². The molecule has 0 radical (unpaired) electrons. The highest BCUT2D eigenvalue weighted by molar-refractivity contribution is 5.67. The highest BCUT2D eigenvalue weighted by atomic mass is 19.4. The minimum absolute atomic E-state index is 0.418. The molecule has 0 aromatic rings. The number of rotatable bonds is 2. The fraction of sp³-hybridized carbons (Fsp3) is 0.857. The second-order valence-electron chi connectivity index (χ2n) is 3.41. The van der Waals surface area contributed by atoms with Crippen LogP contribution in [0.3, 0.4) is 0 Å². The maximum absolute atomic E-state index is 12.2. The summed E-state index contributed by atoms with van der Waals surface area (Å²) in [5, 5.41) is 19.8. The number of carbonyl (C=O) groups is 1. The fourth-order valence-corrected chi connectivity index (χ4v) is 1.44. The zero-order valence-electron chi connectivity index (χ0n) is 7.14. The molecule has 1 heterocycles. The molecule has 1 aliphatic heterocycles. The minimum atomic E-state index is -4.72. The van der Waals surface area contributed by atoms with Gasteiger partial charge < -0.3 is 15.5 Å². The van der Waals surface area contributed by atoms with Crippen molar-refractivity contribution < 1.29 is 28.2 Å². The molecule has 4 nitrogen and oxygen atoms in total. The number of alkyl halides is 3. The molecule has 0 unspecified atom stereocenters. The standard InChI is InChI=1S/C7H10F3NO3/c8-7(9,10)6(14)2-4(11-3-6)1-5(12)13/h4,11,14H,1-3H2,(H,12,13)/t4-,6+/m0/s1. The van der Waals surface area contributed by atoms with Crippen molar-refractivity contribution in [3.63, 3.8) is 0 Å². The first-order valence-corrected chi connectivity index (χ1v) is 3.99. The number of nitrogens with one attached hydrogen (secondary N) is 1. The third-order valence-electron chi connectivity index (χ3n) is 2.22. The Balaban J connectivity index is 2.60. The SMILES string of the molecule is O=C(O)C[C@H]1C[C@](O)(C(F)(F)F)CN1. The molecule has 0 spiro atoms. The van der Waals surface area contributed by atoms with Crippen LogP contribution in [-0.2, 0) is 4.79 Å². The molecule has 0 aromatic heterocycles. The van der Waals surface area contributed by atoms with Crippen molar-refractivity contribution in [1.82, 2.24) is 5.32 Å². The van der Waals surface area contributed by atoms with Crippen molar-refractivity contribution >= 4 is 5.97 Å². The van der Waals surface area contributed by atoms with E-state index in [0.29, 0.717) is 0 Å². The molecule has 3 N–H and O–H groups in total. The largest absolute Gasteiger partial charge is 0.481 e. The van der Waals surface area contributed by atoms with Gasteiger partial charge in [0.15, 0.2) is 5.60 Å². The van der Waals surface area contributed by atoms with Gasteiger partial charge >= 0.3 is 12.1 Å². The molecule has 0 saturated carbocycles. The number of aliphatic carboxylic acids is 1. The second-order valence-corrected chi connectivity index (χ2v) is 3.41. The van der Waals surface area contributed by atoms with Crippen LogP contribution in [-0.4, -0.2) is 40.5 Å². The van der Waals surface area contributed by atoms with E-state index in [1.165, 1.54) is 0 Å². The number of halogens is 3.